The van der Waals surface area contributed by atoms with E-state index in [1.165, 1.54) is 5.56 Å². The van der Waals surface area contributed by atoms with Crippen molar-refractivity contribution in [3.05, 3.63) is 58.1 Å². The highest BCUT2D eigenvalue weighted by atomic mass is 32.2. The van der Waals surface area contributed by atoms with Crippen LogP contribution >= 0.6 is 0 Å². The second-order valence-electron chi connectivity index (χ2n) is 6.05. The van der Waals surface area contributed by atoms with Crippen LogP contribution in [0.5, 0.6) is 5.75 Å². The highest BCUT2D eigenvalue weighted by Crippen LogP contribution is 2.34. The molecule has 0 radical (unpaired) electrons. The highest BCUT2D eigenvalue weighted by molar-refractivity contribution is 7.92. The van der Waals surface area contributed by atoms with Gasteiger partial charge in [0.05, 0.1) is 9.82 Å². The number of anilines is 1. The van der Waals surface area contributed by atoms with Gasteiger partial charge in [-0.15, -0.1) is 0 Å². The molecular formula is C18H19F3N2O5S. The quantitative estimate of drug-likeness (QED) is 0.360. The first-order chi connectivity index (χ1) is 13.6. The predicted octanol–water partition coefficient (Wildman–Crippen LogP) is 4.33. The van der Waals surface area contributed by atoms with Gasteiger partial charge in [-0.2, -0.15) is 13.2 Å². The summed E-state index contributed by atoms with van der Waals surface area (Å²) in [6, 6.07) is 9.43. The molecule has 0 saturated carbocycles. The summed E-state index contributed by atoms with van der Waals surface area (Å²) in [5.41, 5.74) is -5.27. The lowest BCUT2D eigenvalue weighted by Crippen LogP contribution is -2.23. The van der Waals surface area contributed by atoms with Crippen LogP contribution in [-0.4, -0.2) is 32.0 Å². The van der Waals surface area contributed by atoms with Crippen molar-refractivity contribution in [2.24, 2.45) is 0 Å². The second kappa shape index (κ2) is 9.12. The minimum Gasteiger partial charge on any atom is -0.492 e. The predicted molar refractivity (Wildman–Crippen MR) is 101 cm³/mol. The van der Waals surface area contributed by atoms with Crippen LogP contribution in [0.15, 0.2) is 47.4 Å². The zero-order valence-corrected chi connectivity index (χ0v) is 16.2. The summed E-state index contributed by atoms with van der Waals surface area (Å²) in [5, 5.41) is 13.8. The largest absolute Gasteiger partial charge is 0.501 e. The number of hydrogen-bond acceptors (Lipinski definition) is 6. The Morgan fingerprint density at radius 3 is 2.34 bits per heavy atom. The number of aryl methyl sites for hydroxylation is 1. The van der Waals surface area contributed by atoms with Gasteiger partial charge in [0.25, 0.3) is 15.5 Å². The molecule has 158 valence electrons. The van der Waals surface area contributed by atoms with Crippen LogP contribution in [0.2, 0.25) is 0 Å². The van der Waals surface area contributed by atoms with Gasteiger partial charge in [-0.05, 0) is 36.2 Å². The standard InChI is InChI=1S/C18H19F3N2O5S/c1-2-3-13-4-6-14(7-5-13)28-11-10-22-16-9-8-15(12-17(16)23(24)25)29(26,27)18(19,20)21/h4-9,12,22H,2-3,10-11H2,1H3. The Balaban J connectivity index is 2.04. The van der Waals surface area contributed by atoms with Crippen LogP contribution in [0.25, 0.3) is 0 Å². The fourth-order valence-corrected chi connectivity index (χ4v) is 3.29. The zero-order chi connectivity index (χ0) is 21.7. The van der Waals surface area contributed by atoms with Crippen molar-refractivity contribution in [1.82, 2.24) is 0 Å². The molecule has 29 heavy (non-hydrogen) atoms. The van der Waals surface area contributed by atoms with Gasteiger partial charge in [-0.1, -0.05) is 25.5 Å². The van der Waals surface area contributed by atoms with Crippen LogP contribution < -0.4 is 10.1 Å². The molecule has 0 atom stereocenters. The van der Waals surface area contributed by atoms with Gasteiger partial charge < -0.3 is 10.1 Å². The van der Waals surface area contributed by atoms with E-state index in [1.54, 1.807) is 12.1 Å². The topological polar surface area (TPSA) is 98.5 Å². The van der Waals surface area contributed by atoms with E-state index < -0.39 is 30.9 Å². The number of hydrogen-bond donors (Lipinski definition) is 1. The summed E-state index contributed by atoms with van der Waals surface area (Å²) in [6.07, 6.45) is 1.97. The van der Waals surface area contributed by atoms with Gasteiger partial charge in [0, 0.05) is 12.6 Å². The Bertz CT molecular complexity index is 960. The molecule has 0 aliphatic carbocycles. The molecule has 7 nitrogen and oxygen atoms in total. The molecule has 2 rings (SSSR count). The minimum absolute atomic E-state index is 0.113. The summed E-state index contributed by atoms with van der Waals surface area (Å²) < 4.78 is 66.3. The molecule has 0 aliphatic heterocycles. The average molecular weight is 432 g/mol. The molecule has 0 bridgehead atoms. The molecule has 0 spiro atoms. The molecule has 0 saturated heterocycles. The average Bonchev–Trinajstić information content (AvgIpc) is 2.65. The van der Waals surface area contributed by atoms with E-state index in [-0.39, 0.29) is 18.8 Å². The van der Waals surface area contributed by atoms with Crippen molar-refractivity contribution in [2.45, 2.75) is 30.2 Å². The fourth-order valence-electron chi connectivity index (χ4n) is 2.51. The lowest BCUT2D eigenvalue weighted by molar-refractivity contribution is -0.384. The zero-order valence-electron chi connectivity index (χ0n) is 15.4. The lowest BCUT2D eigenvalue weighted by Gasteiger charge is -2.11. The maximum absolute atomic E-state index is 12.6. The Morgan fingerprint density at radius 1 is 1.14 bits per heavy atom. The van der Waals surface area contributed by atoms with Crippen LogP contribution in [0.4, 0.5) is 24.5 Å². The van der Waals surface area contributed by atoms with Crippen molar-refractivity contribution >= 4 is 21.2 Å². The van der Waals surface area contributed by atoms with Crippen molar-refractivity contribution < 1.29 is 31.2 Å². The number of nitro benzene ring substituents is 1. The molecule has 0 unspecified atom stereocenters. The maximum atomic E-state index is 12.6. The summed E-state index contributed by atoms with van der Waals surface area (Å²) in [6.45, 7) is 2.32. The molecular weight excluding hydrogens is 413 g/mol. The summed E-state index contributed by atoms with van der Waals surface area (Å²) >= 11 is 0. The smallest absolute Gasteiger partial charge is 0.492 e. The summed E-state index contributed by atoms with van der Waals surface area (Å²) in [7, 11) is -5.68. The number of alkyl halides is 3. The van der Waals surface area contributed by atoms with Crippen molar-refractivity contribution in [1.29, 1.82) is 0 Å². The van der Waals surface area contributed by atoms with Gasteiger partial charge in [-0.3, -0.25) is 10.1 Å². The number of nitro groups is 1. The highest BCUT2D eigenvalue weighted by Gasteiger charge is 2.47. The van der Waals surface area contributed by atoms with E-state index >= 15 is 0 Å². The minimum atomic E-state index is -5.68. The number of nitrogens with zero attached hydrogens (tertiary/aromatic N) is 1. The number of benzene rings is 2. The molecule has 2 aromatic rings. The number of rotatable bonds is 9. The van der Waals surface area contributed by atoms with Crippen LogP contribution in [-0.2, 0) is 16.3 Å². The van der Waals surface area contributed by atoms with E-state index in [0.29, 0.717) is 17.9 Å². The lowest BCUT2D eigenvalue weighted by atomic mass is 10.1. The molecule has 1 N–H and O–H groups in total. The fraction of sp³-hybridized carbons (Fsp3) is 0.333. The SMILES string of the molecule is CCCc1ccc(OCCNc2ccc(S(=O)(=O)C(F)(F)F)cc2[N+](=O)[O-])cc1. The van der Waals surface area contributed by atoms with E-state index in [2.05, 4.69) is 12.2 Å². The van der Waals surface area contributed by atoms with Gasteiger partial charge in [0.2, 0.25) is 0 Å². The Hall–Kier alpha value is -2.82. The molecule has 11 heteroatoms. The normalized spacial score (nSPS) is 11.9. The van der Waals surface area contributed by atoms with Crippen molar-refractivity contribution in [2.75, 3.05) is 18.5 Å². The molecule has 0 aliphatic rings. The molecule has 0 amide bonds. The van der Waals surface area contributed by atoms with Crippen LogP contribution in [0.1, 0.15) is 18.9 Å². The first-order valence-electron chi connectivity index (χ1n) is 8.61. The van der Waals surface area contributed by atoms with Crippen molar-refractivity contribution in [3.8, 4) is 5.75 Å². The van der Waals surface area contributed by atoms with E-state index in [9.17, 15) is 31.7 Å². The molecule has 2 aromatic carbocycles. The Morgan fingerprint density at radius 2 is 1.79 bits per heavy atom. The maximum Gasteiger partial charge on any atom is 0.501 e. The van der Waals surface area contributed by atoms with E-state index in [1.807, 2.05) is 12.1 Å². The number of halogens is 3. The van der Waals surface area contributed by atoms with Gasteiger partial charge in [0.1, 0.15) is 18.0 Å². The Kier molecular flexibility index (Phi) is 7.07. The third-order valence-electron chi connectivity index (χ3n) is 3.93. The first-order valence-corrected chi connectivity index (χ1v) is 10.1. The van der Waals surface area contributed by atoms with Gasteiger partial charge in [-0.25, -0.2) is 8.42 Å². The monoisotopic (exact) mass is 432 g/mol. The summed E-state index contributed by atoms with van der Waals surface area (Å²) in [5.74, 6) is 0.604. The number of sulfone groups is 1. The molecule has 0 heterocycles. The Labute approximate surface area is 165 Å². The van der Waals surface area contributed by atoms with E-state index in [0.717, 1.165) is 18.9 Å². The molecule has 0 fully saturated rings. The third kappa shape index (κ3) is 5.59. The van der Waals surface area contributed by atoms with Gasteiger partial charge >= 0.3 is 5.51 Å². The second-order valence-corrected chi connectivity index (χ2v) is 8.00. The summed E-state index contributed by atoms with van der Waals surface area (Å²) in [4.78, 5) is 9.01. The van der Waals surface area contributed by atoms with Crippen LogP contribution in [0, 0.1) is 10.1 Å². The number of nitrogens with one attached hydrogen (secondary N) is 1. The third-order valence-corrected chi connectivity index (χ3v) is 5.41. The first kappa shape index (κ1) is 22.5. The van der Waals surface area contributed by atoms with E-state index in [4.69, 9.17) is 4.74 Å². The van der Waals surface area contributed by atoms with Crippen LogP contribution in [0.3, 0.4) is 0 Å². The van der Waals surface area contributed by atoms with Gasteiger partial charge in [0.15, 0.2) is 0 Å². The number of ether oxygens (including phenoxy) is 1. The molecule has 0 aromatic heterocycles. The van der Waals surface area contributed by atoms with Crippen molar-refractivity contribution in [3.63, 3.8) is 0 Å².